The van der Waals surface area contributed by atoms with Crippen molar-refractivity contribution in [3.63, 3.8) is 0 Å². The third-order valence-electron chi connectivity index (χ3n) is 2.77. The minimum atomic E-state index is 0.654. The molecule has 86 valence electrons. The molecule has 3 nitrogen and oxygen atoms in total. The van der Waals surface area contributed by atoms with Crippen molar-refractivity contribution in [2.24, 2.45) is 5.73 Å². The Hall–Kier alpha value is -1.65. The fraction of sp³-hybridized carbons (Fsp3) is 0.154. The zero-order chi connectivity index (χ0) is 11.7. The molecule has 4 heteroatoms. The van der Waals surface area contributed by atoms with Crippen molar-refractivity contribution < 1.29 is 0 Å². The van der Waals surface area contributed by atoms with E-state index in [1.807, 2.05) is 18.5 Å². The first-order valence-electron chi connectivity index (χ1n) is 5.60. The molecule has 0 saturated heterocycles. The van der Waals surface area contributed by atoms with E-state index in [1.54, 1.807) is 11.3 Å². The van der Waals surface area contributed by atoms with E-state index in [9.17, 15) is 0 Å². The number of hydrogen-bond donors (Lipinski definition) is 2. The summed E-state index contributed by atoms with van der Waals surface area (Å²) < 4.78 is 0. The van der Waals surface area contributed by atoms with E-state index in [1.165, 1.54) is 15.8 Å². The van der Waals surface area contributed by atoms with Crippen LogP contribution in [0.5, 0.6) is 0 Å². The standard InChI is InChI=1S/C13H13N3S/c14-6-5-13-16-8-12(17-13)10-7-15-11-4-2-1-3-9(10)11/h1-4,7-8,15H,5-6,14H2. The van der Waals surface area contributed by atoms with E-state index in [0.717, 1.165) is 16.9 Å². The molecule has 0 aliphatic carbocycles. The Kier molecular flexibility index (Phi) is 2.66. The molecule has 17 heavy (non-hydrogen) atoms. The summed E-state index contributed by atoms with van der Waals surface area (Å²) >= 11 is 1.72. The summed E-state index contributed by atoms with van der Waals surface area (Å²) in [6.07, 6.45) is 4.84. The highest BCUT2D eigenvalue weighted by Crippen LogP contribution is 2.32. The van der Waals surface area contributed by atoms with E-state index < -0.39 is 0 Å². The highest BCUT2D eigenvalue weighted by Gasteiger charge is 2.08. The zero-order valence-electron chi connectivity index (χ0n) is 9.31. The first-order chi connectivity index (χ1) is 8.38. The molecule has 2 aromatic heterocycles. The Labute approximate surface area is 103 Å². The molecule has 0 aliphatic rings. The minimum Gasteiger partial charge on any atom is -0.361 e. The monoisotopic (exact) mass is 243 g/mol. The number of aromatic nitrogens is 2. The van der Waals surface area contributed by atoms with Gasteiger partial charge in [-0.15, -0.1) is 11.3 Å². The molecular formula is C13H13N3S. The van der Waals surface area contributed by atoms with E-state index in [4.69, 9.17) is 5.73 Å². The van der Waals surface area contributed by atoms with Crippen LogP contribution in [0.15, 0.2) is 36.7 Å². The Bertz CT molecular complexity index is 639. The second kappa shape index (κ2) is 4.31. The number of hydrogen-bond acceptors (Lipinski definition) is 3. The number of thiazole rings is 1. The Morgan fingerprint density at radius 3 is 3.06 bits per heavy atom. The van der Waals surface area contributed by atoms with Gasteiger partial charge >= 0.3 is 0 Å². The highest BCUT2D eigenvalue weighted by atomic mass is 32.1. The molecule has 0 unspecified atom stereocenters. The first-order valence-corrected chi connectivity index (χ1v) is 6.41. The van der Waals surface area contributed by atoms with Gasteiger partial charge in [-0.1, -0.05) is 18.2 Å². The number of para-hydroxylation sites is 1. The van der Waals surface area contributed by atoms with Gasteiger partial charge in [-0.3, -0.25) is 0 Å². The predicted octanol–water partition coefficient (Wildman–Crippen LogP) is 2.79. The van der Waals surface area contributed by atoms with Crippen LogP contribution in [-0.4, -0.2) is 16.5 Å². The summed E-state index contributed by atoms with van der Waals surface area (Å²) in [6.45, 7) is 0.654. The lowest BCUT2D eigenvalue weighted by Crippen LogP contribution is -2.01. The van der Waals surface area contributed by atoms with Crippen LogP contribution in [0, 0.1) is 0 Å². The van der Waals surface area contributed by atoms with Crippen molar-refractivity contribution in [1.29, 1.82) is 0 Å². The van der Waals surface area contributed by atoms with Crippen LogP contribution >= 0.6 is 11.3 Å². The van der Waals surface area contributed by atoms with Crippen LogP contribution in [0.3, 0.4) is 0 Å². The number of fused-ring (bicyclic) bond motifs is 1. The molecule has 0 bridgehead atoms. The van der Waals surface area contributed by atoms with Gasteiger partial charge in [0.2, 0.25) is 0 Å². The number of nitrogens with zero attached hydrogens (tertiary/aromatic N) is 1. The molecule has 0 saturated carbocycles. The summed E-state index contributed by atoms with van der Waals surface area (Å²) in [5, 5.41) is 2.35. The van der Waals surface area contributed by atoms with Gasteiger partial charge in [-0.25, -0.2) is 4.98 Å². The average molecular weight is 243 g/mol. The molecule has 0 radical (unpaired) electrons. The van der Waals surface area contributed by atoms with Crippen LogP contribution < -0.4 is 5.73 Å². The third kappa shape index (κ3) is 1.85. The molecule has 0 atom stereocenters. The van der Waals surface area contributed by atoms with Crippen LogP contribution in [0.1, 0.15) is 5.01 Å². The smallest absolute Gasteiger partial charge is 0.0943 e. The maximum Gasteiger partial charge on any atom is 0.0943 e. The van der Waals surface area contributed by atoms with Gasteiger partial charge < -0.3 is 10.7 Å². The van der Waals surface area contributed by atoms with E-state index in [2.05, 4.69) is 28.2 Å². The van der Waals surface area contributed by atoms with E-state index in [-0.39, 0.29) is 0 Å². The van der Waals surface area contributed by atoms with E-state index in [0.29, 0.717) is 6.54 Å². The molecule has 2 heterocycles. The topological polar surface area (TPSA) is 54.7 Å². The van der Waals surface area contributed by atoms with Crippen molar-refractivity contribution in [3.8, 4) is 10.4 Å². The van der Waals surface area contributed by atoms with Gasteiger partial charge in [0.25, 0.3) is 0 Å². The predicted molar refractivity (Wildman–Crippen MR) is 72.2 cm³/mol. The largest absolute Gasteiger partial charge is 0.361 e. The first kappa shape index (κ1) is 10.5. The van der Waals surface area contributed by atoms with E-state index >= 15 is 0 Å². The van der Waals surface area contributed by atoms with Crippen molar-refractivity contribution in [2.75, 3.05) is 6.54 Å². The summed E-state index contributed by atoms with van der Waals surface area (Å²) in [5.41, 5.74) is 7.93. The second-order valence-electron chi connectivity index (χ2n) is 3.90. The van der Waals surface area contributed by atoms with Crippen molar-refractivity contribution in [1.82, 2.24) is 9.97 Å². The molecule has 3 N–H and O–H groups in total. The lowest BCUT2D eigenvalue weighted by atomic mass is 10.1. The molecular weight excluding hydrogens is 230 g/mol. The molecule has 0 amide bonds. The molecule has 0 aliphatic heterocycles. The molecule has 0 spiro atoms. The molecule has 3 rings (SSSR count). The second-order valence-corrected chi connectivity index (χ2v) is 5.02. The summed E-state index contributed by atoms with van der Waals surface area (Å²) in [6, 6.07) is 8.31. The fourth-order valence-electron chi connectivity index (χ4n) is 1.95. The van der Waals surface area contributed by atoms with Crippen LogP contribution in [-0.2, 0) is 6.42 Å². The Morgan fingerprint density at radius 2 is 2.18 bits per heavy atom. The Morgan fingerprint density at radius 1 is 1.29 bits per heavy atom. The number of aromatic amines is 1. The Balaban J connectivity index is 2.07. The molecule has 1 aromatic carbocycles. The van der Waals surface area contributed by atoms with Gasteiger partial charge in [-0.05, 0) is 12.6 Å². The normalized spacial score (nSPS) is 11.1. The van der Waals surface area contributed by atoms with Crippen LogP contribution in [0.25, 0.3) is 21.3 Å². The summed E-state index contributed by atoms with van der Waals surface area (Å²) in [5.74, 6) is 0. The number of nitrogens with two attached hydrogens (primary N) is 1. The number of H-pyrrole nitrogens is 1. The maximum atomic E-state index is 5.54. The number of benzene rings is 1. The third-order valence-corrected chi connectivity index (χ3v) is 3.86. The highest BCUT2D eigenvalue weighted by molar-refractivity contribution is 7.15. The average Bonchev–Trinajstić information content (AvgIpc) is 2.95. The summed E-state index contributed by atoms with van der Waals surface area (Å²) in [7, 11) is 0. The van der Waals surface area contributed by atoms with Gasteiger partial charge in [-0.2, -0.15) is 0 Å². The lowest BCUT2D eigenvalue weighted by Gasteiger charge is -1.93. The molecule has 3 aromatic rings. The van der Waals surface area contributed by atoms with Crippen molar-refractivity contribution >= 4 is 22.2 Å². The number of rotatable bonds is 3. The fourth-order valence-corrected chi connectivity index (χ4v) is 2.91. The van der Waals surface area contributed by atoms with Crippen LogP contribution in [0.4, 0.5) is 0 Å². The minimum absolute atomic E-state index is 0.654. The van der Waals surface area contributed by atoms with Gasteiger partial charge in [0.1, 0.15) is 0 Å². The SMILES string of the molecule is NCCc1ncc(-c2c[nH]c3ccccc23)s1. The maximum absolute atomic E-state index is 5.54. The van der Waals surface area contributed by atoms with Crippen molar-refractivity contribution in [3.05, 3.63) is 41.7 Å². The van der Waals surface area contributed by atoms with Gasteiger partial charge in [0.15, 0.2) is 0 Å². The van der Waals surface area contributed by atoms with Gasteiger partial charge in [0.05, 0.1) is 9.88 Å². The number of nitrogens with one attached hydrogen (secondary N) is 1. The summed E-state index contributed by atoms with van der Waals surface area (Å²) in [4.78, 5) is 8.88. The van der Waals surface area contributed by atoms with Crippen molar-refractivity contribution in [2.45, 2.75) is 6.42 Å². The van der Waals surface area contributed by atoms with Gasteiger partial charge in [0, 0.05) is 35.3 Å². The van der Waals surface area contributed by atoms with Crippen LogP contribution in [0.2, 0.25) is 0 Å². The lowest BCUT2D eigenvalue weighted by molar-refractivity contribution is 0.953. The molecule has 0 fully saturated rings. The zero-order valence-corrected chi connectivity index (χ0v) is 10.1. The quantitative estimate of drug-likeness (QED) is 0.743.